The Labute approximate surface area is 95.7 Å². The molecule has 0 aliphatic carbocycles. The molecule has 0 bridgehead atoms. The average Bonchev–Trinajstić information content (AvgIpc) is 2.11. The van der Waals surface area contributed by atoms with Crippen LogP contribution in [0.25, 0.3) is 0 Å². The minimum absolute atomic E-state index is 0.207. The van der Waals surface area contributed by atoms with Crippen molar-refractivity contribution >= 4 is 6.21 Å². The van der Waals surface area contributed by atoms with Crippen LogP contribution in [0.2, 0.25) is 0 Å². The summed E-state index contributed by atoms with van der Waals surface area (Å²) in [5.74, 6) is 0.660. The van der Waals surface area contributed by atoms with Crippen LogP contribution in [-0.4, -0.2) is 12.8 Å². The van der Waals surface area contributed by atoms with Crippen LogP contribution in [0, 0.1) is 11.3 Å². The Morgan fingerprint density at radius 3 is 2.40 bits per heavy atom. The Kier molecular flexibility index (Phi) is 7.37. The van der Waals surface area contributed by atoms with E-state index in [1.807, 2.05) is 0 Å². The fourth-order valence-electron chi connectivity index (χ4n) is 1.23. The van der Waals surface area contributed by atoms with E-state index in [9.17, 15) is 0 Å². The lowest BCUT2D eigenvalue weighted by Gasteiger charge is -2.16. The van der Waals surface area contributed by atoms with E-state index in [1.165, 1.54) is 12.8 Å². The highest BCUT2D eigenvalue weighted by Crippen LogP contribution is 2.18. The first kappa shape index (κ1) is 14.4. The number of unbranched alkanes of at least 4 members (excludes halogenated alkanes) is 1. The second kappa shape index (κ2) is 7.67. The maximum Gasteiger partial charge on any atom is 0.0408 e. The highest BCUT2D eigenvalue weighted by atomic mass is 14.7. The standard InChI is InChI=1S/C14H27N/c1-6-7-8-9-10-14(4,5)12-15-11-13(2)3/h8-9,12-13H,6-7,10-11H2,1-5H3/b9-8+,15-12?. The van der Waals surface area contributed by atoms with E-state index < -0.39 is 0 Å². The van der Waals surface area contributed by atoms with E-state index in [2.05, 4.69) is 58.0 Å². The number of hydrogen-bond donors (Lipinski definition) is 0. The van der Waals surface area contributed by atoms with Crippen LogP contribution in [0.5, 0.6) is 0 Å². The van der Waals surface area contributed by atoms with Gasteiger partial charge < -0.3 is 0 Å². The number of aliphatic imine (C=N–C) groups is 1. The van der Waals surface area contributed by atoms with Gasteiger partial charge >= 0.3 is 0 Å². The smallest absolute Gasteiger partial charge is 0.0408 e. The molecule has 0 spiro atoms. The molecule has 0 aliphatic rings. The van der Waals surface area contributed by atoms with Gasteiger partial charge in [-0.3, -0.25) is 4.99 Å². The molecule has 0 aromatic carbocycles. The molecule has 0 N–H and O–H groups in total. The number of hydrogen-bond acceptors (Lipinski definition) is 1. The van der Waals surface area contributed by atoms with Gasteiger partial charge in [-0.15, -0.1) is 0 Å². The minimum atomic E-state index is 0.207. The van der Waals surface area contributed by atoms with Crippen molar-refractivity contribution in [3.8, 4) is 0 Å². The second-order valence-corrected chi connectivity index (χ2v) is 5.34. The monoisotopic (exact) mass is 209 g/mol. The van der Waals surface area contributed by atoms with Gasteiger partial charge in [0.2, 0.25) is 0 Å². The van der Waals surface area contributed by atoms with Gasteiger partial charge in [-0.05, 0) is 18.8 Å². The van der Waals surface area contributed by atoms with Crippen LogP contribution >= 0.6 is 0 Å². The molecule has 0 saturated carbocycles. The lowest BCUT2D eigenvalue weighted by atomic mass is 9.90. The minimum Gasteiger partial charge on any atom is -0.297 e. The zero-order valence-corrected chi connectivity index (χ0v) is 11.1. The van der Waals surface area contributed by atoms with Crippen molar-refractivity contribution in [1.29, 1.82) is 0 Å². The Morgan fingerprint density at radius 1 is 1.20 bits per heavy atom. The molecule has 0 fully saturated rings. The molecular weight excluding hydrogens is 182 g/mol. The molecule has 0 rings (SSSR count). The quantitative estimate of drug-likeness (QED) is 0.433. The van der Waals surface area contributed by atoms with Crippen LogP contribution in [0.3, 0.4) is 0 Å². The lowest BCUT2D eigenvalue weighted by Crippen LogP contribution is -2.12. The summed E-state index contributed by atoms with van der Waals surface area (Å²) in [6.07, 6.45) is 10.2. The second-order valence-electron chi connectivity index (χ2n) is 5.34. The molecule has 0 unspecified atom stereocenters. The summed E-state index contributed by atoms with van der Waals surface area (Å²) in [5.41, 5.74) is 0.207. The summed E-state index contributed by atoms with van der Waals surface area (Å²) in [5, 5.41) is 0. The molecule has 0 heterocycles. The molecule has 0 saturated heterocycles. The van der Waals surface area contributed by atoms with Crippen molar-refractivity contribution in [3.05, 3.63) is 12.2 Å². The molecule has 1 nitrogen and oxygen atoms in total. The fraction of sp³-hybridized carbons (Fsp3) is 0.786. The van der Waals surface area contributed by atoms with Gasteiger partial charge in [0.05, 0.1) is 0 Å². The molecule has 0 amide bonds. The first-order valence-electron chi connectivity index (χ1n) is 6.14. The topological polar surface area (TPSA) is 12.4 Å². The van der Waals surface area contributed by atoms with Crippen molar-refractivity contribution < 1.29 is 0 Å². The molecule has 0 radical (unpaired) electrons. The molecule has 0 atom stereocenters. The predicted molar refractivity (Wildman–Crippen MR) is 70.6 cm³/mol. The zero-order chi connectivity index (χ0) is 11.7. The van der Waals surface area contributed by atoms with Gasteiger partial charge in [-0.2, -0.15) is 0 Å². The van der Waals surface area contributed by atoms with Gasteiger partial charge in [0.25, 0.3) is 0 Å². The first-order valence-corrected chi connectivity index (χ1v) is 6.14. The molecule has 1 heteroatoms. The van der Waals surface area contributed by atoms with Gasteiger partial charge in [0.1, 0.15) is 0 Å². The van der Waals surface area contributed by atoms with Gasteiger partial charge in [0.15, 0.2) is 0 Å². The van der Waals surface area contributed by atoms with E-state index >= 15 is 0 Å². The highest BCUT2D eigenvalue weighted by Gasteiger charge is 2.11. The summed E-state index contributed by atoms with van der Waals surface area (Å²) < 4.78 is 0. The molecule has 0 aromatic heterocycles. The van der Waals surface area contributed by atoms with Crippen LogP contribution < -0.4 is 0 Å². The number of rotatable bonds is 7. The van der Waals surface area contributed by atoms with Crippen LogP contribution in [-0.2, 0) is 0 Å². The van der Waals surface area contributed by atoms with Crippen molar-refractivity contribution in [1.82, 2.24) is 0 Å². The predicted octanol–water partition coefficient (Wildman–Crippen LogP) is 4.49. The third kappa shape index (κ3) is 9.71. The Balaban J connectivity index is 3.90. The third-order valence-electron chi connectivity index (χ3n) is 2.18. The summed E-state index contributed by atoms with van der Waals surface area (Å²) >= 11 is 0. The summed E-state index contributed by atoms with van der Waals surface area (Å²) in [4.78, 5) is 4.48. The highest BCUT2D eigenvalue weighted by molar-refractivity contribution is 5.64. The van der Waals surface area contributed by atoms with E-state index in [0.29, 0.717) is 5.92 Å². The zero-order valence-electron chi connectivity index (χ0n) is 11.1. The Bertz CT molecular complexity index is 199. The van der Waals surface area contributed by atoms with Crippen molar-refractivity contribution in [2.75, 3.05) is 6.54 Å². The molecule has 0 aliphatic heterocycles. The summed E-state index contributed by atoms with van der Waals surface area (Å²) in [7, 11) is 0. The van der Waals surface area contributed by atoms with E-state index in [0.717, 1.165) is 13.0 Å². The fourth-order valence-corrected chi connectivity index (χ4v) is 1.23. The van der Waals surface area contributed by atoms with Crippen LogP contribution in [0.1, 0.15) is 53.9 Å². The maximum atomic E-state index is 4.48. The normalized spacial score (nSPS) is 13.5. The van der Waals surface area contributed by atoms with E-state index in [4.69, 9.17) is 0 Å². The summed E-state index contributed by atoms with van der Waals surface area (Å²) in [6, 6.07) is 0. The first-order chi connectivity index (χ1) is 6.98. The van der Waals surface area contributed by atoms with Crippen molar-refractivity contribution in [2.45, 2.75) is 53.9 Å². The summed E-state index contributed by atoms with van der Waals surface area (Å²) in [6.45, 7) is 12.0. The SMILES string of the molecule is CCC/C=C/CC(C)(C)C=NCC(C)C. The maximum absolute atomic E-state index is 4.48. The lowest BCUT2D eigenvalue weighted by molar-refractivity contribution is 0.539. The van der Waals surface area contributed by atoms with Crippen molar-refractivity contribution in [2.24, 2.45) is 16.3 Å². The molecule has 88 valence electrons. The molecule has 0 aromatic rings. The number of allylic oxidation sites excluding steroid dienone is 2. The van der Waals surface area contributed by atoms with E-state index in [-0.39, 0.29) is 5.41 Å². The molecule has 15 heavy (non-hydrogen) atoms. The third-order valence-corrected chi connectivity index (χ3v) is 2.18. The van der Waals surface area contributed by atoms with Gasteiger partial charge in [0, 0.05) is 18.2 Å². The van der Waals surface area contributed by atoms with E-state index in [1.54, 1.807) is 0 Å². The van der Waals surface area contributed by atoms with Crippen LogP contribution in [0.4, 0.5) is 0 Å². The number of nitrogens with zero attached hydrogens (tertiary/aromatic N) is 1. The Hall–Kier alpha value is -0.590. The van der Waals surface area contributed by atoms with Crippen LogP contribution in [0.15, 0.2) is 17.1 Å². The van der Waals surface area contributed by atoms with Gasteiger partial charge in [-0.25, -0.2) is 0 Å². The Morgan fingerprint density at radius 2 is 1.87 bits per heavy atom. The van der Waals surface area contributed by atoms with Gasteiger partial charge in [-0.1, -0.05) is 53.2 Å². The molecular formula is C14H27N. The largest absolute Gasteiger partial charge is 0.297 e. The average molecular weight is 209 g/mol. The van der Waals surface area contributed by atoms with Crippen molar-refractivity contribution in [3.63, 3.8) is 0 Å².